The predicted molar refractivity (Wildman–Crippen MR) is 97.9 cm³/mol. The van der Waals surface area contributed by atoms with Gasteiger partial charge in [-0.3, -0.25) is 4.79 Å². The highest BCUT2D eigenvalue weighted by Crippen LogP contribution is 2.24. The number of aromatic nitrogens is 2. The summed E-state index contributed by atoms with van der Waals surface area (Å²) in [4.78, 5) is 21.2. The van der Waals surface area contributed by atoms with E-state index in [4.69, 9.17) is 4.74 Å². The monoisotopic (exact) mass is 349 g/mol. The molecule has 1 aliphatic rings. The molecule has 0 saturated carbocycles. The molecular formula is C18H27N3O2S. The summed E-state index contributed by atoms with van der Waals surface area (Å²) in [7, 11) is 0. The second kappa shape index (κ2) is 8.62. The zero-order valence-electron chi connectivity index (χ0n) is 15.1. The lowest BCUT2D eigenvalue weighted by Crippen LogP contribution is -2.48. The Labute approximate surface area is 148 Å². The minimum absolute atomic E-state index is 0.0514. The Balaban J connectivity index is 2.08. The van der Waals surface area contributed by atoms with Crippen LogP contribution >= 0.6 is 11.8 Å². The van der Waals surface area contributed by atoms with Crippen molar-refractivity contribution in [2.75, 3.05) is 19.5 Å². The van der Waals surface area contributed by atoms with Crippen LogP contribution in [0.15, 0.2) is 16.9 Å². The molecule has 1 N–H and O–H groups in total. The number of carbonyl (C=O) groups is 1. The van der Waals surface area contributed by atoms with Crippen molar-refractivity contribution < 1.29 is 9.53 Å². The van der Waals surface area contributed by atoms with Crippen molar-refractivity contribution in [2.24, 2.45) is 11.8 Å². The largest absolute Gasteiger partial charge is 0.379 e. The highest BCUT2D eigenvalue weighted by atomic mass is 32.2. The first-order chi connectivity index (χ1) is 11.4. The average molecular weight is 350 g/mol. The van der Waals surface area contributed by atoms with Gasteiger partial charge in [-0.05, 0) is 44.4 Å². The van der Waals surface area contributed by atoms with Crippen molar-refractivity contribution in [3.63, 3.8) is 0 Å². The predicted octanol–water partition coefficient (Wildman–Crippen LogP) is 3.09. The maximum Gasteiger partial charge on any atom is 0.247 e. The molecule has 1 amide bonds. The van der Waals surface area contributed by atoms with E-state index >= 15 is 0 Å². The van der Waals surface area contributed by atoms with E-state index in [2.05, 4.69) is 29.1 Å². The molecule has 2 rings (SSSR count). The normalized spacial score (nSPS) is 21.8. The summed E-state index contributed by atoms with van der Waals surface area (Å²) in [6, 6.07) is 0.0748. The van der Waals surface area contributed by atoms with E-state index in [1.807, 2.05) is 26.2 Å². The zero-order chi connectivity index (χ0) is 17.7. The second-order valence-corrected chi connectivity index (χ2v) is 7.35. The van der Waals surface area contributed by atoms with Crippen LogP contribution in [0.4, 0.5) is 0 Å². The molecule has 0 radical (unpaired) electrons. The highest BCUT2D eigenvalue weighted by Gasteiger charge is 2.29. The van der Waals surface area contributed by atoms with Crippen LogP contribution in [0.25, 0.3) is 6.08 Å². The molecule has 0 bridgehead atoms. The Morgan fingerprint density at radius 3 is 2.88 bits per heavy atom. The summed E-state index contributed by atoms with van der Waals surface area (Å²) in [5.41, 5.74) is 2.41. The maximum atomic E-state index is 12.5. The minimum atomic E-state index is -0.0514. The molecule has 0 spiro atoms. The van der Waals surface area contributed by atoms with Gasteiger partial charge in [0.05, 0.1) is 12.6 Å². The van der Waals surface area contributed by atoms with Crippen molar-refractivity contribution in [3.8, 4) is 0 Å². The number of nitrogens with one attached hydrogen (secondary N) is 1. The maximum absolute atomic E-state index is 12.5. The van der Waals surface area contributed by atoms with Crippen molar-refractivity contribution in [3.05, 3.63) is 23.0 Å². The first-order valence-corrected chi connectivity index (χ1v) is 9.59. The summed E-state index contributed by atoms with van der Waals surface area (Å²) < 4.78 is 5.55. The Morgan fingerprint density at radius 2 is 2.25 bits per heavy atom. The molecule has 1 aromatic heterocycles. The van der Waals surface area contributed by atoms with Gasteiger partial charge in [0.15, 0.2) is 5.16 Å². The van der Waals surface area contributed by atoms with E-state index in [0.717, 1.165) is 29.4 Å². The average Bonchev–Trinajstić information content (AvgIpc) is 2.56. The third kappa shape index (κ3) is 4.80. The van der Waals surface area contributed by atoms with Crippen LogP contribution in [-0.4, -0.2) is 41.4 Å². The van der Waals surface area contributed by atoms with Crippen LogP contribution in [-0.2, 0) is 9.53 Å². The molecular weight excluding hydrogens is 322 g/mol. The molecule has 2 unspecified atom stereocenters. The Kier molecular flexibility index (Phi) is 6.80. The van der Waals surface area contributed by atoms with Gasteiger partial charge in [0.1, 0.15) is 0 Å². The molecule has 0 aliphatic carbocycles. The minimum Gasteiger partial charge on any atom is -0.379 e. The number of hydrogen-bond acceptors (Lipinski definition) is 5. The summed E-state index contributed by atoms with van der Waals surface area (Å²) >= 11 is 1.51. The smallest absolute Gasteiger partial charge is 0.247 e. The van der Waals surface area contributed by atoms with Crippen LogP contribution < -0.4 is 5.32 Å². The molecule has 1 fully saturated rings. The van der Waals surface area contributed by atoms with Crippen LogP contribution in [0.1, 0.15) is 38.4 Å². The summed E-state index contributed by atoms with van der Waals surface area (Å²) in [6.45, 7) is 9.53. The Morgan fingerprint density at radius 1 is 1.50 bits per heavy atom. The number of thioether (sulfide) groups is 1. The van der Waals surface area contributed by atoms with E-state index in [-0.39, 0.29) is 11.9 Å². The van der Waals surface area contributed by atoms with Gasteiger partial charge in [-0.1, -0.05) is 25.6 Å². The van der Waals surface area contributed by atoms with Gasteiger partial charge >= 0.3 is 0 Å². The highest BCUT2D eigenvalue weighted by molar-refractivity contribution is 7.98. The summed E-state index contributed by atoms with van der Waals surface area (Å²) in [5.74, 6) is 0.934. The van der Waals surface area contributed by atoms with Crippen molar-refractivity contribution in [1.29, 1.82) is 0 Å². The number of rotatable bonds is 5. The van der Waals surface area contributed by atoms with E-state index < -0.39 is 0 Å². The SMILES string of the molecule is CSc1ncc(/C=C(\C)C(=O)NC2COCCC2C(C)C)c(C)n1. The van der Waals surface area contributed by atoms with Gasteiger partial charge < -0.3 is 10.1 Å². The van der Waals surface area contributed by atoms with E-state index in [1.165, 1.54) is 11.8 Å². The quantitative estimate of drug-likeness (QED) is 0.503. The first-order valence-electron chi connectivity index (χ1n) is 8.37. The number of amides is 1. The standard InChI is InChI=1S/C18H27N3O2S/c1-11(2)15-6-7-23-10-16(15)21-17(22)12(3)8-14-9-19-18(24-5)20-13(14)4/h8-9,11,15-16H,6-7,10H2,1-5H3,(H,21,22)/b12-8+. The van der Waals surface area contributed by atoms with Gasteiger partial charge in [0.25, 0.3) is 0 Å². The number of aryl methyl sites for hydroxylation is 1. The molecule has 0 aromatic carbocycles. The van der Waals surface area contributed by atoms with Gasteiger partial charge in [-0.25, -0.2) is 9.97 Å². The lowest BCUT2D eigenvalue weighted by Gasteiger charge is -2.34. The molecule has 1 aliphatic heterocycles. The van der Waals surface area contributed by atoms with Crippen LogP contribution in [0.3, 0.4) is 0 Å². The van der Waals surface area contributed by atoms with Crippen LogP contribution in [0, 0.1) is 18.8 Å². The second-order valence-electron chi connectivity index (χ2n) is 6.58. The number of ether oxygens (including phenoxy) is 1. The Hall–Kier alpha value is -1.40. The third-order valence-corrected chi connectivity index (χ3v) is 5.05. The van der Waals surface area contributed by atoms with Gasteiger partial charge in [0, 0.05) is 29.6 Å². The molecule has 5 nitrogen and oxygen atoms in total. The number of hydrogen-bond donors (Lipinski definition) is 1. The topological polar surface area (TPSA) is 64.1 Å². The lowest BCUT2D eigenvalue weighted by atomic mass is 9.84. The third-order valence-electron chi connectivity index (χ3n) is 4.49. The van der Waals surface area contributed by atoms with Crippen molar-refractivity contribution in [1.82, 2.24) is 15.3 Å². The zero-order valence-corrected chi connectivity index (χ0v) is 15.9. The van der Waals surface area contributed by atoms with Gasteiger partial charge in [-0.15, -0.1) is 0 Å². The first kappa shape index (κ1) is 18.9. The van der Waals surface area contributed by atoms with Gasteiger partial charge in [-0.2, -0.15) is 0 Å². The van der Waals surface area contributed by atoms with Crippen molar-refractivity contribution >= 4 is 23.7 Å². The molecule has 132 valence electrons. The number of carbonyl (C=O) groups excluding carboxylic acids is 1. The molecule has 2 heterocycles. The summed E-state index contributed by atoms with van der Waals surface area (Å²) in [5, 5.41) is 3.88. The fourth-order valence-electron chi connectivity index (χ4n) is 2.98. The Bertz CT molecular complexity index is 616. The lowest BCUT2D eigenvalue weighted by molar-refractivity contribution is -0.120. The van der Waals surface area contributed by atoms with E-state index in [0.29, 0.717) is 24.0 Å². The molecule has 6 heteroatoms. The van der Waals surface area contributed by atoms with Crippen LogP contribution in [0.2, 0.25) is 0 Å². The summed E-state index contributed by atoms with van der Waals surface area (Å²) in [6.07, 6.45) is 6.56. The van der Waals surface area contributed by atoms with E-state index in [9.17, 15) is 4.79 Å². The number of nitrogens with zero attached hydrogens (tertiary/aromatic N) is 2. The fraction of sp³-hybridized carbons (Fsp3) is 0.611. The van der Waals surface area contributed by atoms with Crippen LogP contribution in [0.5, 0.6) is 0 Å². The van der Waals surface area contributed by atoms with Gasteiger partial charge in [0.2, 0.25) is 5.91 Å². The fourth-order valence-corrected chi connectivity index (χ4v) is 3.36. The van der Waals surface area contributed by atoms with Crippen molar-refractivity contribution in [2.45, 2.75) is 45.3 Å². The molecule has 1 aromatic rings. The molecule has 24 heavy (non-hydrogen) atoms. The molecule has 2 atom stereocenters. The molecule has 1 saturated heterocycles. The van der Waals surface area contributed by atoms with E-state index in [1.54, 1.807) is 6.20 Å².